The first-order chi connectivity index (χ1) is 9.52. The van der Waals surface area contributed by atoms with Crippen LogP contribution in [0.25, 0.3) is 0 Å². The number of benzene rings is 1. The third-order valence-electron chi connectivity index (χ3n) is 4.43. The van der Waals surface area contributed by atoms with Gasteiger partial charge in [0, 0.05) is 34.3 Å². The molecule has 0 aromatic heterocycles. The molecule has 20 heavy (non-hydrogen) atoms. The Hall–Kier alpha value is -0.0600. The van der Waals surface area contributed by atoms with Crippen LogP contribution in [0.5, 0.6) is 0 Å². The first kappa shape index (κ1) is 16.3. The van der Waals surface area contributed by atoms with Gasteiger partial charge in [0.25, 0.3) is 0 Å². The highest BCUT2D eigenvalue weighted by Gasteiger charge is 2.41. The van der Waals surface area contributed by atoms with Crippen molar-refractivity contribution in [2.45, 2.75) is 37.6 Å². The van der Waals surface area contributed by atoms with Crippen LogP contribution in [0.15, 0.2) is 18.2 Å². The van der Waals surface area contributed by atoms with Crippen LogP contribution in [0.1, 0.15) is 31.9 Å². The average Bonchev–Trinajstić information content (AvgIpc) is 2.63. The highest BCUT2D eigenvalue weighted by Crippen LogP contribution is 2.45. The molecule has 0 aliphatic carbocycles. The van der Waals surface area contributed by atoms with Crippen molar-refractivity contribution in [1.29, 1.82) is 0 Å². The van der Waals surface area contributed by atoms with E-state index in [9.17, 15) is 0 Å². The number of hydrogen-bond donors (Lipinski definition) is 0. The summed E-state index contributed by atoms with van der Waals surface area (Å²) in [6.45, 7) is 9.51. The molecule has 0 bridgehead atoms. The lowest BCUT2D eigenvalue weighted by atomic mass is 9.81. The van der Waals surface area contributed by atoms with E-state index in [4.69, 9.17) is 4.74 Å². The van der Waals surface area contributed by atoms with Crippen LogP contribution in [-0.4, -0.2) is 31.1 Å². The van der Waals surface area contributed by atoms with Gasteiger partial charge in [-0.1, -0.05) is 57.8 Å². The summed E-state index contributed by atoms with van der Waals surface area (Å²) < 4.78 is 5.64. The van der Waals surface area contributed by atoms with Crippen LogP contribution in [-0.2, 0) is 15.5 Å². The Bertz CT molecular complexity index is 462. The molecule has 0 fully saturated rings. The van der Waals surface area contributed by atoms with E-state index in [1.807, 2.05) is 0 Å². The Labute approximate surface area is 139 Å². The van der Waals surface area contributed by atoms with Gasteiger partial charge >= 0.3 is 0 Å². The van der Waals surface area contributed by atoms with Gasteiger partial charge in [0.05, 0.1) is 13.2 Å². The van der Waals surface area contributed by atoms with Gasteiger partial charge in [-0.05, 0) is 24.1 Å². The van der Waals surface area contributed by atoms with Gasteiger partial charge in [-0.25, -0.2) is 0 Å². The number of hydrogen-bond acceptors (Lipinski definition) is 2. The van der Waals surface area contributed by atoms with Gasteiger partial charge in [-0.2, -0.15) is 0 Å². The molecule has 0 saturated carbocycles. The zero-order valence-electron chi connectivity index (χ0n) is 12.5. The van der Waals surface area contributed by atoms with Crippen molar-refractivity contribution in [3.05, 3.63) is 29.3 Å². The largest absolute Gasteiger partial charge is 0.379 e. The summed E-state index contributed by atoms with van der Waals surface area (Å²) in [6.07, 6.45) is 0. The molecule has 1 aliphatic heterocycles. The summed E-state index contributed by atoms with van der Waals surface area (Å²) in [7, 11) is 0. The average molecular weight is 405 g/mol. The fourth-order valence-electron chi connectivity index (χ4n) is 2.90. The first-order valence-electron chi connectivity index (χ1n) is 7.12. The molecule has 0 N–H and O–H groups in total. The van der Waals surface area contributed by atoms with Crippen molar-refractivity contribution in [2.75, 3.05) is 30.0 Å². The van der Waals surface area contributed by atoms with Crippen LogP contribution in [0.3, 0.4) is 0 Å². The number of alkyl halides is 2. The molecule has 112 valence electrons. The molecule has 0 radical (unpaired) electrons. The molecule has 0 spiro atoms. The number of ether oxygens (including phenoxy) is 1. The van der Waals surface area contributed by atoms with Crippen molar-refractivity contribution in [1.82, 2.24) is 0 Å². The van der Waals surface area contributed by atoms with E-state index in [0.29, 0.717) is 6.04 Å². The topological polar surface area (TPSA) is 12.5 Å². The van der Waals surface area contributed by atoms with Crippen LogP contribution < -0.4 is 4.90 Å². The molecule has 4 heteroatoms. The number of halogens is 2. The summed E-state index contributed by atoms with van der Waals surface area (Å²) in [5, 5.41) is 1.81. The Balaban J connectivity index is 2.21. The van der Waals surface area contributed by atoms with Crippen LogP contribution >= 0.6 is 31.9 Å². The van der Waals surface area contributed by atoms with E-state index in [1.54, 1.807) is 0 Å². The molecule has 2 rings (SSSR count). The Morgan fingerprint density at radius 1 is 1.25 bits per heavy atom. The predicted octanol–water partition coefficient (Wildman–Crippen LogP) is 4.48. The van der Waals surface area contributed by atoms with Gasteiger partial charge < -0.3 is 9.64 Å². The number of fused-ring (bicyclic) bond motifs is 1. The van der Waals surface area contributed by atoms with E-state index in [0.717, 1.165) is 30.4 Å². The SMILES string of the molecule is C[C@H]1N(CCOCCBr)c2cc(CBr)ccc2C1(C)C. The predicted molar refractivity (Wildman–Crippen MR) is 93.5 cm³/mol. The fourth-order valence-corrected chi connectivity index (χ4v) is 3.48. The third-order valence-corrected chi connectivity index (χ3v) is 5.40. The maximum atomic E-state index is 5.64. The third kappa shape index (κ3) is 3.07. The Kier molecular flexibility index (Phi) is 5.55. The molecule has 0 saturated heterocycles. The number of rotatable bonds is 6. The summed E-state index contributed by atoms with van der Waals surface area (Å²) >= 11 is 6.95. The van der Waals surface area contributed by atoms with Gasteiger partial charge in [0.2, 0.25) is 0 Å². The van der Waals surface area contributed by atoms with Crippen LogP contribution in [0.4, 0.5) is 5.69 Å². The van der Waals surface area contributed by atoms with Crippen molar-refractivity contribution in [3.63, 3.8) is 0 Å². The standard InChI is InChI=1S/C16H23Br2NO/c1-12-16(2,3)14-5-4-13(11-18)10-15(14)19(12)7-9-20-8-6-17/h4-5,10,12H,6-9,11H2,1-3H3/t12-/m1/s1. The molecule has 1 aromatic carbocycles. The fraction of sp³-hybridized carbons (Fsp3) is 0.625. The zero-order chi connectivity index (χ0) is 14.8. The van der Waals surface area contributed by atoms with Crippen molar-refractivity contribution < 1.29 is 4.74 Å². The number of nitrogens with zero attached hydrogens (tertiary/aromatic N) is 1. The minimum Gasteiger partial charge on any atom is -0.379 e. The molecule has 0 unspecified atom stereocenters. The molecule has 1 aromatic rings. The minimum atomic E-state index is 0.190. The smallest absolute Gasteiger partial charge is 0.0642 e. The molecule has 2 nitrogen and oxygen atoms in total. The van der Waals surface area contributed by atoms with Gasteiger partial charge in [0.1, 0.15) is 0 Å². The second-order valence-corrected chi connectivity index (χ2v) is 7.23. The molecule has 1 aliphatic rings. The monoisotopic (exact) mass is 403 g/mol. The quantitative estimate of drug-likeness (QED) is 0.511. The molecule has 1 atom stereocenters. The van der Waals surface area contributed by atoms with Crippen LogP contribution in [0, 0.1) is 0 Å². The first-order valence-corrected chi connectivity index (χ1v) is 9.36. The second kappa shape index (κ2) is 6.80. The molecule has 0 amide bonds. The van der Waals surface area contributed by atoms with Crippen molar-refractivity contribution in [2.24, 2.45) is 0 Å². The summed E-state index contributed by atoms with van der Waals surface area (Å²) in [6, 6.07) is 7.34. The second-order valence-electron chi connectivity index (χ2n) is 5.88. The Morgan fingerprint density at radius 3 is 2.65 bits per heavy atom. The lowest BCUT2D eigenvalue weighted by Gasteiger charge is -2.31. The summed E-state index contributed by atoms with van der Waals surface area (Å²) in [5.74, 6) is 0. The minimum absolute atomic E-state index is 0.190. The zero-order valence-corrected chi connectivity index (χ0v) is 15.6. The van der Waals surface area contributed by atoms with E-state index in [2.05, 4.69) is 75.7 Å². The van der Waals surface area contributed by atoms with Crippen LogP contribution in [0.2, 0.25) is 0 Å². The normalized spacial score (nSPS) is 20.2. The molecule has 1 heterocycles. The maximum absolute atomic E-state index is 5.64. The molecular formula is C16H23Br2NO. The van der Waals surface area contributed by atoms with E-state index >= 15 is 0 Å². The Morgan fingerprint density at radius 2 is 2.00 bits per heavy atom. The van der Waals surface area contributed by atoms with Gasteiger partial charge in [-0.3, -0.25) is 0 Å². The van der Waals surface area contributed by atoms with Crippen molar-refractivity contribution in [3.8, 4) is 0 Å². The van der Waals surface area contributed by atoms with Gasteiger partial charge in [-0.15, -0.1) is 0 Å². The number of anilines is 1. The van der Waals surface area contributed by atoms with E-state index < -0.39 is 0 Å². The lowest BCUT2D eigenvalue weighted by Crippen LogP contribution is -2.40. The van der Waals surface area contributed by atoms with Crippen molar-refractivity contribution >= 4 is 37.5 Å². The van der Waals surface area contributed by atoms with E-state index in [-0.39, 0.29) is 5.41 Å². The summed E-state index contributed by atoms with van der Waals surface area (Å²) in [5.41, 5.74) is 4.35. The summed E-state index contributed by atoms with van der Waals surface area (Å²) in [4.78, 5) is 2.50. The van der Waals surface area contributed by atoms with Gasteiger partial charge in [0.15, 0.2) is 0 Å². The van der Waals surface area contributed by atoms with E-state index in [1.165, 1.54) is 16.8 Å². The highest BCUT2D eigenvalue weighted by atomic mass is 79.9. The molecular weight excluding hydrogens is 382 g/mol. The maximum Gasteiger partial charge on any atom is 0.0642 e. The highest BCUT2D eigenvalue weighted by molar-refractivity contribution is 9.09. The lowest BCUT2D eigenvalue weighted by molar-refractivity contribution is 0.155.